The molecule has 0 aliphatic rings. The summed E-state index contributed by atoms with van der Waals surface area (Å²) in [6.45, 7) is 3.94. The maximum Gasteiger partial charge on any atom is 0.341 e. The van der Waals surface area contributed by atoms with Gasteiger partial charge in [0.2, 0.25) is 5.91 Å². The van der Waals surface area contributed by atoms with Gasteiger partial charge in [0.15, 0.2) is 0 Å². The number of thiophene rings is 1. The highest BCUT2D eigenvalue weighted by molar-refractivity contribution is 8.00. The van der Waals surface area contributed by atoms with Gasteiger partial charge in [0, 0.05) is 27.1 Å². The fourth-order valence-corrected chi connectivity index (χ4v) is 7.67. The first-order chi connectivity index (χ1) is 26.2. The fourth-order valence-electron chi connectivity index (χ4n) is 5.63. The molecule has 0 aliphatic heterocycles. The van der Waals surface area contributed by atoms with Crippen molar-refractivity contribution < 1.29 is 23.9 Å². The van der Waals surface area contributed by atoms with Gasteiger partial charge in [0.25, 0.3) is 11.8 Å². The van der Waals surface area contributed by atoms with Crippen molar-refractivity contribution in [1.82, 2.24) is 5.32 Å². The van der Waals surface area contributed by atoms with E-state index < -0.39 is 23.0 Å². The van der Waals surface area contributed by atoms with Crippen LogP contribution in [0.4, 0.5) is 10.7 Å². The van der Waals surface area contributed by atoms with Gasteiger partial charge in [-0.1, -0.05) is 114 Å². The molecule has 1 unspecified atom stereocenters. The molecule has 0 bridgehead atoms. The predicted octanol–water partition coefficient (Wildman–Crippen LogP) is 9.70. The second-order valence-electron chi connectivity index (χ2n) is 12.4. The number of esters is 1. The van der Waals surface area contributed by atoms with E-state index in [4.69, 9.17) is 4.74 Å². The quantitative estimate of drug-likeness (QED) is 0.0652. The third kappa shape index (κ3) is 9.40. The van der Waals surface area contributed by atoms with Gasteiger partial charge in [-0.25, -0.2) is 4.79 Å². The molecular formula is C44H37N3O5S2. The second kappa shape index (κ2) is 17.5. The predicted molar refractivity (Wildman–Crippen MR) is 218 cm³/mol. The minimum Gasteiger partial charge on any atom is -0.465 e. The third-order valence-corrected chi connectivity index (χ3v) is 10.5. The van der Waals surface area contributed by atoms with Crippen LogP contribution in [0.2, 0.25) is 0 Å². The van der Waals surface area contributed by atoms with Gasteiger partial charge in [0.05, 0.1) is 7.11 Å². The molecule has 0 saturated carbocycles. The second-order valence-corrected chi connectivity index (χ2v) is 14.4. The lowest BCUT2D eigenvalue weighted by molar-refractivity contribution is -0.116. The maximum atomic E-state index is 14.1. The number of ether oxygens (including phenoxy) is 1. The standard InChI is InChI=1S/C44H37N3O5S2/c1-28-20-22-31(23-21-28)36-27-53-43(38(36)44(51)52-3)47-42(50)39(32-14-6-4-7-15-32)54-35-19-11-18-34(26-35)45-41(49)37(25-30-13-10-12-29(2)24-30)46-40(48)33-16-8-5-9-17-33/h4-27,39H,1-3H3,(H,45,49)(H,46,48)(H,47,50)/b37-25+. The molecule has 0 radical (unpaired) electrons. The number of methoxy groups -OCH3 is 1. The van der Waals surface area contributed by atoms with Crippen molar-refractivity contribution in [2.45, 2.75) is 24.0 Å². The van der Waals surface area contributed by atoms with Crippen LogP contribution >= 0.6 is 23.1 Å². The fraction of sp³-hybridized carbons (Fsp3) is 0.0909. The minimum atomic E-state index is -0.727. The van der Waals surface area contributed by atoms with E-state index in [9.17, 15) is 19.2 Å². The maximum absolute atomic E-state index is 14.1. The number of aryl methyl sites for hydroxylation is 2. The van der Waals surface area contributed by atoms with E-state index in [0.29, 0.717) is 26.7 Å². The largest absolute Gasteiger partial charge is 0.465 e. The molecule has 6 aromatic rings. The number of nitrogens with one attached hydrogen (secondary N) is 3. The van der Waals surface area contributed by atoms with Crippen molar-refractivity contribution in [3.05, 3.63) is 178 Å². The first-order valence-electron chi connectivity index (χ1n) is 17.0. The minimum absolute atomic E-state index is 0.0661. The number of anilines is 2. The van der Waals surface area contributed by atoms with Crippen LogP contribution in [0.15, 0.2) is 149 Å². The Morgan fingerprint density at radius 1 is 0.741 bits per heavy atom. The number of amides is 3. The topological polar surface area (TPSA) is 114 Å². The van der Waals surface area contributed by atoms with Crippen molar-refractivity contribution in [3.8, 4) is 11.1 Å². The Kier molecular flexibility index (Phi) is 12.2. The van der Waals surface area contributed by atoms with Crippen molar-refractivity contribution in [3.63, 3.8) is 0 Å². The van der Waals surface area contributed by atoms with E-state index >= 15 is 0 Å². The highest BCUT2D eigenvalue weighted by Crippen LogP contribution is 2.40. The average molecular weight is 752 g/mol. The van der Waals surface area contributed by atoms with Crippen LogP contribution in [-0.2, 0) is 14.3 Å². The van der Waals surface area contributed by atoms with E-state index in [1.807, 2.05) is 110 Å². The Morgan fingerprint density at radius 2 is 1.44 bits per heavy atom. The number of hydrogen-bond acceptors (Lipinski definition) is 7. The van der Waals surface area contributed by atoms with Crippen molar-refractivity contribution in [1.29, 1.82) is 0 Å². The lowest BCUT2D eigenvalue weighted by Crippen LogP contribution is -2.30. The van der Waals surface area contributed by atoms with Gasteiger partial charge in [0.1, 0.15) is 21.5 Å². The molecule has 8 nitrogen and oxygen atoms in total. The van der Waals surface area contributed by atoms with E-state index in [1.54, 1.807) is 48.5 Å². The summed E-state index contributed by atoms with van der Waals surface area (Å²) in [4.78, 5) is 54.8. The SMILES string of the molecule is COC(=O)c1c(-c2ccc(C)cc2)csc1NC(=O)C(Sc1cccc(NC(=O)/C(=C\c2cccc(C)c2)NC(=O)c2ccccc2)c1)c1ccccc1. The van der Waals surface area contributed by atoms with E-state index in [0.717, 1.165) is 27.8 Å². The Balaban J connectivity index is 1.25. The molecular weight excluding hydrogens is 715 g/mol. The molecule has 270 valence electrons. The Labute approximate surface area is 322 Å². The summed E-state index contributed by atoms with van der Waals surface area (Å²) in [5.41, 5.74) is 6.33. The third-order valence-electron chi connectivity index (χ3n) is 8.35. The molecule has 0 spiro atoms. The summed E-state index contributed by atoms with van der Waals surface area (Å²) >= 11 is 2.55. The monoisotopic (exact) mass is 751 g/mol. The highest BCUT2D eigenvalue weighted by atomic mass is 32.2. The van der Waals surface area contributed by atoms with Crippen LogP contribution in [0.1, 0.15) is 48.2 Å². The van der Waals surface area contributed by atoms with E-state index in [1.165, 1.54) is 30.2 Å². The van der Waals surface area contributed by atoms with Gasteiger partial charge < -0.3 is 20.7 Å². The van der Waals surface area contributed by atoms with Crippen LogP contribution in [0.25, 0.3) is 17.2 Å². The normalized spacial score (nSPS) is 11.6. The zero-order valence-electron chi connectivity index (χ0n) is 29.8. The molecule has 1 atom stereocenters. The zero-order valence-corrected chi connectivity index (χ0v) is 31.4. The molecule has 6 rings (SSSR count). The van der Waals surface area contributed by atoms with Crippen LogP contribution < -0.4 is 16.0 Å². The molecule has 3 N–H and O–H groups in total. The Morgan fingerprint density at radius 3 is 2.15 bits per heavy atom. The molecule has 0 aliphatic carbocycles. The van der Waals surface area contributed by atoms with Crippen LogP contribution in [0.5, 0.6) is 0 Å². The average Bonchev–Trinajstić information content (AvgIpc) is 3.60. The molecule has 1 aromatic heterocycles. The first kappa shape index (κ1) is 37.5. The number of rotatable bonds is 12. The number of carbonyl (C=O) groups excluding carboxylic acids is 4. The summed E-state index contributed by atoms with van der Waals surface area (Å²) in [5.74, 6) is -1.82. The van der Waals surface area contributed by atoms with Crippen molar-refractivity contribution in [2.75, 3.05) is 17.7 Å². The van der Waals surface area contributed by atoms with Gasteiger partial charge in [-0.05, 0) is 66.9 Å². The lowest BCUT2D eigenvalue weighted by atomic mass is 10.0. The van der Waals surface area contributed by atoms with Crippen molar-refractivity contribution in [2.24, 2.45) is 0 Å². The van der Waals surface area contributed by atoms with Gasteiger partial charge in [-0.2, -0.15) is 0 Å². The van der Waals surface area contributed by atoms with Crippen LogP contribution in [0.3, 0.4) is 0 Å². The van der Waals surface area contributed by atoms with Gasteiger partial charge in [-0.15, -0.1) is 23.1 Å². The zero-order chi connectivity index (χ0) is 38.0. The summed E-state index contributed by atoms with van der Waals surface area (Å²) in [7, 11) is 1.32. The highest BCUT2D eigenvalue weighted by Gasteiger charge is 2.27. The summed E-state index contributed by atoms with van der Waals surface area (Å²) in [6.07, 6.45) is 1.63. The van der Waals surface area contributed by atoms with E-state index in [2.05, 4.69) is 16.0 Å². The molecule has 1 heterocycles. The molecule has 5 aromatic carbocycles. The Hall–Kier alpha value is -6.23. The summed E-state index contributed by atoms with van der Waals surface area (Å²) < 4.78 is 5.14. The molecule has 3 amide bonds. The van der Waals surface area contributed by atoms with Crippen LogP contribution in [-0.4, -0.2) is 30.8 Å². The van der Waals surface area contributed by atoms with E-state index in [-0.39, 0.29) is 17.2 Å². The molecule has 0 saturated heterocycles. The lowest BCUT2D eigenvalue weighted by Gasteiger charge is -2.18. The molecule has 10 heteroatoms. The van der Waals surface area contributed by atoms with Gasteiger partial charge >= 0.3 is 5.97 Å². The van der Waals surface area contributed by atoms with Gasteiger partial charge in [-0.3, -0.25) is 14.4 Å². The first-order valence-corrected chi connectivity index (χ1v) is 18.8. The molecule has 0 fully saturated rings. The molecule has 54 heavy (non-hydrogen) atoms. The van der Waals surface area contributed by atoms with Crippen LogP contribution in [0, 0.1) is 13.8 Å². The van der Waals surface area contributed by atoms with Crippen molar-refractivity contribution >= 4 is 63.6 Å². The smallest absolute Gasteiger partial charge is 0.341 e. The Bertz CT molecular complexity index is 2320. The summed E-state index contributed by atoms with van der Waals surface area (Å²) in [5, 5.41) is 10.2. The number of hydrogen-bond donors (Lipinski definition) is 3. The number of thioether (sulfide) groups is 1. The summed E-state index contributed by atoms with van der Waals surface area (Å²) in [6, 6.07) is 40.6. The number of benzene rings is 5. The number of carbonyl (C=O) groups is 4.